The molecular weight excluding hydrogens is 258 g/mol. The van der Waals surface area contributed by atoms with Gasteiger partial charge in [0.1, 0.15) is 22.9 Å². The van der Waals surface area contributed by atoms with Gasteiger partial charge in [-0.15, -0.1) is 0 Å². The fourth-order valence-corrected chi connectivity index (χ4v) is 1.85. The van der Waals surface area contributed by atoms with E-state index in [2.05, 4.69) is 0 Å². The maximum Gasteiger partial charge on any atom is 0.351 e. The summed E-state index contributed by atoms with van der Waals surface area (Å²) in [4.78, 5) is 11.7. The van der Waals surface area contributed by atoms with Crippen LogP contribution >= 0.6 is 0 Å². The molecule has 6 heteroatoms. The zero-order valence-electron chi connectivity index (χ0n) is 9.31. The van der Waals surface area contributed by atoms with Crippen molar-refractivity contribution in [2.75, 3.05) is 0 Å². The van der Waals surface area contributed by atoms with Crippen molar-refractivity contribution in [3.63, 3.8) is 0 Å². The summed E-state index contributed by atoms with van der Waals surface area (Å²) >= 11 is 0. The molecule has 1 N–H and O–H groups in total. The molecule has 0 aliphatic rings. The molecule has 0 saturated carbocycles. The predicted molar refractivity (Wildman–Crippen MR) is 61.8 cm³/mol. The summed E-state index contributed by atoms with van der Waals surface area (Å²) in [5.41, 5.74) is -1.74. The fraction of sp³-hybridized carbons (Fsp3) is 0. The van der Waals surface area contributed by atoms with E-state index in [9.17, 15) is 18.7 Å². The number of halogens is 2. The number of rotatable bonds is 1. The molecule has 0 aliphatic carbocycles. The summed E-state index contributed by atoms with van der Waals surface area (Å²) in [6.07, 6.45) is 1.30. The number of benzene rings is 1. The minimum atomic E-state index is -1.06. The maximum absolute atomic E-state index is 13.5. The molecule has 0 saturated heterocycles. The lowest BCUT2D eigenvalue weighted by Gasteiger charge is -2.05. The Balaban J connectivity index is 2.47. The Labute approximate surface area is 104 Å². The summed E-state index contributed by atoms with van der Waals surface area (Å²) in [7, 11) is 0. The molecule has 0 fully saturated rings. The zero-order valence-corrected chi connectivity index (χ0v) is 9.31. The first kappa shape index (κ1) is 11.5. The molecule has 19 heavy (non-hydrogen) atoms. The van der Waals surface area contributed by atoms with Gasteiger partial charge in [-0.05, 0) is 18.2 Å². The highest BCUT2D eigenvalue weighted by Crippen LogP contribution is 2.34. The van der Waals surface area contributed by atoms with Crippen molar-refractivity contribution in [2.45, 2.75) is 0 Å². The van der Waals surface area contributed by atoms with E-state index < -0.39 is 28.6 Å². The average Bonchev–Trinajstić information content (AvgIpc) is 2.85. The first-order valence-electron chi connectivity index (χ1n) is 5.26. The van der Waals surface area contributed by atoms with Gasteiger partial charge in [0, 0.05) is 6.07 Å². The molecular formula is C13H6F2O4. The second kappa shape index (κ2) is 3.94. The molecule has 3 rings (SSSR count). The van der Waals surface area contributed by atoms with Crippen molar-refractivity contribution in [3.8, 4) is 17.1 Å². The molecule has 0 spiro atoms. The van der Waals surface area contributed by atoms with Crippen LogP contribution in [0.25, 0.3) is 22.3 Å². The summed E-state index contributed by atoms with van der Waals surface area (Å²) in [6.45, 7) is 0. The number of aromatic hydroxyl groups is 1. The van der Waals surface area contributed by atoms with Gasteiger partial charge in [-0.3, -0.25) is 0 Å². The SMILES string of the molecule is O=c1oc2c(F)cc(F)cc2c(O)c1-c1ccco1. The van der Waals surface area contributed by atoms with E-state index in [4.69, 9.17) is 8.83 Å². The molecule has 0 atom stereocenters. The van der Waals surface area contributed by atoms with E-state index >= 15 is 0 Å². The molecule has 2 heterocycles. The zero-order chi connectivity index (χ0) is 13.6. The van der Waals surface area contributed by atoms with Crippen molar-refractivity contribution in [1.82, 2.24) is 0 Å². The molecule has 96 valence electrons. The van der Waals surface area contributed by atoms with Crippen LogP contribution in [0, 0.1) is 11.6 Å². The Hall–Kier alpha value is -2.63. The van der Waals surface area contributed by atoms with Crippen molar-refractivity contribution in [2.24, 2.45) is 0 Å². The van der Waals surface area contributed by atoms with Gasteiger partial charge in [0.15, 0.2) is 11.4 Å². The molecule has 2 aromatic heterocycles. The second-order valence-electron chi connectivity index (χ2n) is 3.85. The van der Waals surface area contributed by atoms with Gasteiger partial charge in [-0.2, -0.15) is 0 Å². The number of hydrogen-bond donors (Lipinski definition) is 1. The van der Waals surface area contributed by atoms with E-state index in [-0.39, 0.29) is 16.7 Å². The van der Waals surface area contributed by atoms with Crippen LogP contribution in [0.5, 0.6) is 5.75 Å². The van der Waals surface area contributed by atoms with Crippen LogP contribution in [-0.2, 0) is 0 Å². The maximum atomic E-state index is 13.5. The smallest absolute Gasteiger partial charge is 0.351 e. The van der Waals surface area contributed by atoms with E-state index in [1.54, 1.807) is 0 Å². The highest BCUT2D eigenvalue weighted by molar-refractivity contribution is 5.89. The molecule has 0 bridgehead atoms. The van der Waals surface area contributed by atoms with Crippen molar-refractivity contribution in [1.29, 1.82) is 0 Å². The van der Waals surface area contributed by atoms with Crippen LogP contribution in [0.1, 0.15) is 0 Å². The molecule has 1 aromatic carbocycles. The monoisotopic (exact) mass is 264 g/mol. The molecule has 0 radical (unpaired) electrons. The quantitative estimate of drug-likeness (QED) is 0.686. The number of hydrogen-bond acceptors (Lipinski definition) is 4. The normalized spacial score (nSPS) is 11.1. The predicted octanol–water partition coefficient (Wildman–Crippen LogP) is 3.04. The third kappa shape index (κ3) is 1.69. The van der Waals surface area contributed by atoms with E-state index in [1.807, 2.05) is 0 Å². The number of fused-ring (bicyclic) bond motifs is 1. The Morgan fingerprint density at radius 1 is 1.21 bits per heavy atom. The largest absolute Gasteiger partial charge is 0.506 e. The lowest BCUT2D eigenvalue weighted by Crippen LogP contribution is -2.04. The van der Waals surface area contributed by atoms with Gasteiger partial charge in [0.25, 0.3) is 0 Å². The average molecular weight is 264 g/mol. The van der Waals surface area contributed by atoms with Gasteiger partial charge in [0.05, 0.1) is 11.6 Å². The Morgan fingerprint density at radius 2 is 2.00 bits per heavy atom. The number of furan rings is 1. The highest BCUT2D eigenvalue weighted by Gasteiger charge is 2.20. The lowest BCUT2D eigenvalue weighted by molar-refractivity contribution is 0.459. The Bertz CT molecular complexity index is 819. The van der Waals surface area contributed by atoms with E-state index in [0.29, 0.717) is 6.07 Å². The van der Waals surface area contributed by atoms with Gasteiger partial charge >= 0.3 is 5.63 Å². The van der Waals surface area contributed by atoms with Crippen LogP contribution in [0.4, 0.5) is 8.78 Å². The molecule has 4 nitrogen and oxygen atoms in total. The van der Waals surface area contributed by atoms with Crippen LogP contribution in [0.15, 0.2) is 44.2 Å². The van der Waals surface area contributed by atoms with Gasteiger partial charge in [-0.1, -0.05) is 0 Å². The first-order chi connectivity index (χ1) is 9.08. The third-order valence-electron chi connectivity index (χ3n) is 2.67. The van der Waals surface area contributed by atoms with Crippen LogP contribution in [0.2, 0.25) is 0 Å². The Kier molecular flexibility index (Phi) is 2.38. The van der Waals surface area contributed by atoms with Crippen molar-refractivity contribution < 1.29 is 22.7 Å². The van der Waals surface area contributed by atoms with Gasteiger partial charge in [-0.25, -0.2) is 13.6 Å². The van der Waals surface area contributed by atoms with E-state index in [0.717, 1.165) is 6.07 Å². The van der Waals surface area contributed by atoms with Gasteiger partial charge < -0.3 is 13.9 Å². The topological polar surface area (TPSA) is 63.6 Å². The molecule has 0 unspecified atom stereocenters. The van der Waals surface area contributed by atoms with Crippen molar-refractivity contribution in [3.05, 3.63) is 52.6 Å². The summed E-state index contributed by atoms with van der Waals surface area (Å²) in [6, 6.07) is 4.37. The van der Waals surface area contributed by atoms with Crippen LogP contribution in [-0.4, -0.2) is 5.11 Å². The summed E-state index contributed by atoms with van der Waals surface area (Å²) in [5, 5.41) is 9.76. The molecule has 0 aliphatic heterocycles. The summed E-state index contributed by atoms with van der Waals surface area (Å²) in [5.74, 6) is -2.48. The summed E-state index contributed by atoms with van der Waals surface area (Å²) < 4.78 is 36.4. The molecule has 0 amide bonds. The van der Waals surface area contributed by atoms with Gasteiger partial charge in [0.2, 0.25) is 0 Å². The minimum Gasteiger partial charge on any atom is -0.506 e. The van der Waals surface area contributed by atoms with Crippen molar-refractivity contribution >= 4 is 11.0 Å². The van der Waals surface area contributed by atoms with Crippen LogP contribution < -0.4 is 5.63 Å². The standard InChI is InChI=1S/C13H6F2O4/c14-6-4-7-11(16)10(9-2-1-3-18-9)13(17)19-12(7)8(15)5-6/h1-5,16H. The Morgan fingerprint density at radius 3 is 2.68 bits per heavy atom. The van der Waals surface area contributed by atoms with Crippen LogP contribution in [0.3, 0.4) is 0 Å². The lowest BCUT2D eigenvalue weighted by atomic mass is 10.1. The second-order valence-corrected chi connectivity index (χ2v) is 3.85. The first-order valence-corrected chi connectivity index (χ1v) is 5.26. The molecule has 3 aromatic rings. The fourth-order valence-electron chi connectivity index (χ4n) is 1.85. The highest BCUT2D eigenvalue weighted by atomic mass is 19.1. The van der Waals surface area contributed by atoms with E-state index in [1.165, 1.54) is 18.4 Å². The third-order valence-corrected chi connectivity index (χ3v) is 2.67. The minimum absolute atomic E-state index is 0.0535.